The summed E-state index contributed by atoms with van der Waals surface area (Å²) in [6, 6.07) is -3.58. The molecule has 2 aromatic heterocycles. The largest absolute Gasteiger partial charge is 0.461 e. The predicted octanol–water partition coefficient (Wildman–Crippen LogP) is 13.1. The van der Waals surface area contributed by atoms with Gasteiger partial charge < -0.3 is 14.2 Å². The first-order valence-corrected chi connectivity index (χ1v) is 20.5. The fourth-order valence-electron chi connectivity index (χ4n) is 8.37. The average Bonchev–Trinajstić information content (AvgIpc) is 3.82. The Morgan fingerprint density at radius 1 is 0.661 bits per heavy atom. The van der Waals surface area contributed by atoms with Gasteiger partial charge >= 0.3 is 0 Å². The van der Waals surface area contributed by atoms with Crippen LogP contribution >= 0.6 is 11.3 Å². The van der Waals surface area contributed by atoms with Crippen molar-refractivity contribution >= 4 is 78.8 Å². The average molecular weight is 772 g/mol. The molecular weight excluding hydrogens is 699 g/mol. The highest BCUT2D eigenvalue weighted by Crippen LogP contribution is 2.56. The van der Waals surface area contributed by atoms with Crippen LogP contribution in [-0.4, -0.2) is 6.71 Å². The van der Waals surface area contributed by atoms with Crippen molar-refractivity contribution in [2.24, 2.45) is 0 Å². The number of benzene rings is 4. The van der Waals surface area contributed by atoms with Gasteiger partial charge in [0, 0.05) is 48.9 Å². The van der Waals surface area contributed by atoms with Crippen LogP contribution in [0.1, 0.15) is 154 Å². The van der Waals surface area contributed by atoms with Crippen molar-refractivity contribution in [1.82, 2.24) is 0 Å². The minimum Gasteiger partial charge on any atom is -0.461 e. The van der Waals surface area contributed by atoms with Crippen molar-refractivity contribution in [3.63, 3.8) is 0 Å². The number of anilines is 6. The van der Waals surface area contributed by atoms with Crippen molar-refractivity contribution < 1.29 is 22.2 Å². The third-order valence-electron chi connectivity index (χ3n) is 11.7. The monoisotopic (exact) mass is 772 g/mol. The summed E-state index contributed by atoms with van der Waals surface area (Å²) in [6.07, 6.45) is 1.56. The Hall–Kier alpha value is -4.22. The summed E-state index contributed by atoms with van der Waals surface area (Å²) in [5.74, 6) is 0.239. The standard InChI is InChI=1S/C51H59BN2OS/c1-30-25-38-43-39(26-30)54(35-21-17-33(18-22-35)48(5,6)7)44-42-45(51(13,14)24-23-50(42,11)12)56-46(44)52(43)36-29-40-31(28-41(55-40)49(8,9)10)27-37(36)53(38)34-19-15-32(16-20-34)47(2,3)4/h15-22,25-29H,23-24H2,1-14H3/i15D,16D,17D,18D,19D,20D,21D,22D,25D,26D,27D,28D,29D. The van der Waals surface area contributed by atoms with E-state index in [0.717, 1.165) is 23.3 Å². The quantitative estimate of drug-likeness (QED) is 0.163. The van der Waals surface area contributed by atoms with Crippen LogP contribution in [0.25, 0.3) is 11.0 Å². The van der Waals surface area contributed by atoms with E-state index in [1.807, 2.05) is 41.5 Å². The molecule has 5 heteroatoms. The van der Waals surface area contributed by atoms with Crippen molar-refractivity contribution in [3.05, 3.63) is 111 Å². The van der Waals surface area contributed by atoms with E-state index < -0.39 is 45.9 Å². The number of nitrogens with zero attached hydrogens (tertiary/aromatic N) is 2. The lowest BCUT2D eigenvalue weighted by atomic mass is 9.36. The van der Waals surface area contributed by atoms with E-state index in [2.05, 4.69) is 27.7 Å². The lowest BCUT2D eigenvalue weighted by Gasteiger charge is -2.45. The molecule has 0 spiro atoms. The first kappa shape index (κ1) is 25.2. The smallest absolute Gasteiger partial charge is 0.264 e. The molecule has 3 aliphatic rings. The summed E-state index contributed by atoms with van der Waals surface area (Å²) in [4.78, 5) is 4.06. The molecule has 0 saturated heterocycles. The number of thiophene rings is 1. The normalized spacial score (nSPS) is 20.4. The fraction of sp³-hybridized carbons (Fsp3) is 0.412. The van der Waals surface area contributed by atoms with Gasteiger partial charge in [-0.1, -0.05) is 114 Å². The minimum atomic E-state index is -1.03. The molecule has 0 fully saturated rings. The number of fused-ring (bicyclic) bond motifs is 7. The minimum absolute atomic E-state index is 0.0104. The van der Waals surface area contributed by atoms with Gasteiger partial charge in [-0.05, 0) is 129 Å². The highest BCUT2D eigenvalue weighted by atomic mass is 32.1. The molecule has 4 heterocycles. The molecule has 0 saturated carbocycles. The van der Waals surface area contributed by atoms with Crippen LogP contribution in [-0.2, 0) is 27.1 Å². The Kier molecular flexibility index (Phi) is 5.36. The van der Waals surface area contributed by atoms with E-state index >= 15 is 0 Å². The third-order valence-corrected chi connectivity index (χ3v) is 13.3. The SMILES string of the molecule is [2H]c1c([2H])c(C(C)(C)C)c([2H])c([2H])c1N1c2c([2H])c(C)c([2H])c3c2B(c2sc4c(c21)C(C)(C)CCC4(C)C)c1c(c([2H])c2c([2H])c(C(C)(C)C)oc2c1[2H])N3c1c([2H])c([2H])c(C(C)(C)C)c([2H])c1[2H]. The molecule has 0 atom stereocenters. The molecule has 4 aromatic carbocycles. The third kappa shape index (κ3) is 5.65. The van der Waals surface area contributed by atoms with Crippen LogP contribution in [0.15, 0.2) is 83.0 Å². The highest BCUT2D eigenvalue weighted by molar-refractivity contribution is 7.29. The number of furan rings is 1. The second-order valence-electron chi connectivity index (χ2n) is 20.3. The molecule has 56 heavy (non-hydrogen) atoms. The Morgan fingerprint density at radius 2 is 1.20 bits per heavy atom. The highest BCUT2D eigenvalue weighted by Gasteiger charge is 2.51. The van der Waals surface area contributed by atoms with Gasteiger partial charge in [0.2, 0.25) is 0 Å². The Balaban J connectivity index is 1.59. The molecule has 0 radical (unpaired) electrons. The second kappa shape index (κ2) is 11.9. The summed E-state index contributed by atoms with van der Waals surface area (Å²) in [5, 5.41) is 0.0206. The van der Waals surface area contributed by atoms with Gasteiger partial charge in [-0.15, -0.1) is 0 Å². The zero-order valence-electron chi connectivity index (χ0n) is 48.2. The van der Waals surface area contributed by atoms with Crippen molar-refractivity contribution in [1.29, 1.82) is 0 Å². The maximum Gasteiger partial charge on any atom is 0.264 e. The van der Waals surface area contributed by atoms with E-state index in [1.54, 1.807) is 32.6 Å². The number of rotatable bonds is 2. The predicted molar refractivity (Wildman–Crippen MR) is 244 cm³/mol. The molecule has 9 rings (SSSR count). The molecule has 2 aliphatic heterocycles. The van der Waals surface area contributed by atoms with Crippen molar-refractivity contribution in [3.8, 4) is 0 Å². The van der Waals surface area contributed by atoms with Crippen molar-refractivity contribution in [2.75, 3.05) is 9.80 Å². The summed E-state index contributed by atoms with van der Waals surface area (Å²) in [7, 11) is 0. The molecule has 3 nitrogen and oxygen atoms in total. The summed E-state index contributed by atoms with van der Waals surface area (Å²) in [6.45, 7) is 25.7. The zero-order chi connectivity index (χ0) is 51.4. The lowest BCUT2D eigenvalue weighted by Crippen LogP contribution is -2.60. The zero-order valence-corrected chi connectivity index (χ0v) is 36.0. The van der Waals surface area contributed by atoms with Gasteiger partial charge in [-0.25, -0.2) is 0 Å². The van der Waals surface area contributed by atoms with Gasteiger partial charge in [0.15, 0.2) is 0 Å². The topological polar surface area (TPSA) is 19.6 Å². The van der Waals surface area contributed by atoms with Crippen LogP contribution in [0.2, 0.25) is 0 Å². The van der Waals surface area contributed by atoms with Gasteiger partial charge in [0.25, 0.3) is 6.71 Å². The fourth-order valence-corrected chi connectivity index (χ4v) is 10.1. The van der Waals surface area contributed by atoms with E-state index in [4.69, 9.17) is 4.42 Å². The van der Waals surface area contributed by atoms with Crippen LogP contribution in [0.4, 0.5) is 34.1 Å². The first-order valence-electron chi connectivity index (χ1n) is 26.2. The van der Waals surface area contributed by atoms with Crippen LogP contribution in [0, 0.1) is 6.92 Å². The van der Waals surface area contributed by atoms with Gasteiger partial charge in [-0.3, -0.25) is 0 Å². The molecule has 0 N–H and O–H groups in total. The van der Waals surface area contributed by atoms with Crippen LogP contribution in [0.3, 0.4) is 0 Å². The van der Waals surface area contributed by atoms with Crippen LogP contribution in [0.5, 0.6) is 0 Å². The van der Waals surface area contributed by atoms with E-state index in [9.17, 15) is 17.8 Å². The first-order chi connectivity index (χ1) is 31.5. The molecular formula is C51H59BN2OS. The number of hydrogen-bond donors (Lipinski definition) is 0. The summed E-state index contributed by atoms with van der Waals surface area (Å²) in [5.41, 5.74) is -1.14. The van der Waals surface area contributed by atoms with Gasteiger partial charge in [0.05, 0.1) is 23.5 Å². The number of hydrogen-bond acceptors (Lipinski definition) is 4. The molecule has 288 valence electrons. The van der Waals surface area contributed by atoms with Crippen molar-refractivity contribution in [2.45, 2.75) is 137 Å². The molecule has 0 amide bonds. The van der Waals surface area contributed by atoms with Gasteiger partial charge in [-0.2, -0.15) is 11.3 Å². The maximum absolute atomic E-state index is 10.3. The van der Waals surface area contributed by atoms with Gasteiger partial charge in [0.1, 0.15) is 11.3 Å². The second-order valence-corrected chi connectivity index (χ2v) is 21.4. The van der Waals surface area contributed by atoms with E-state index in [-0.39, 0.29) is 139 Å². The van der Waals surface area contributed by atoms with E-state index in [1.165, 1.54) is 16.2 Å². The molecule has 6 aromatic rings. The lowest BCUT2D eigenvalue weighted by molar-refractivity contribution is 0.339. The Bertz CT molecular complexity index is 3250. The summed E-state index contributed by atoms with van der Waals surface area (Å²) >= 11 is 1.49. The Labute approximate surface area is 358 Å². The molecule has 1 aliphatic carbocycles. The summed E-state index contributed by atoms with van der Waals surface area (Å²) < 4.78 is 135. The molecule has 0 bridgehead atoms. The van der Waals surface area contributed by atoms with E-state index in [0.29, 0.717) is 10.5 Å². The Morgan fingerprint density at radius 3 is 1.75 bits per heavy atom. The maximum atomic E-state index is 10.3. The molecule has 0 unspecified atom stereocenters. The van der Waals surface area contributed by atoms with Crippen LogP contribution < -0.4 is 25.5 Å².